The first-order valence-electron chi connectivity index (χ1n) is 6.38. The molecule has 1 aliphatic rings. The second-order valence-corrected chi connectivity index (χ2v) is 6.27. The highest BCUT2D eigenvalue weighted by atomic mass is 32.2. The fourth-order valence-electron chi connectivity index (χ4n) is 2.50. The zero-order chi connectivity index (χ0) is 15.8. The second-order valence-electron chi connectivity index (χ2n) is 5.00. The largest absolute Gasteiger partial charge is 0.367 e. The summed E-state index contributed by atoms with van der Waals surface area (Å²) >= 11 is 1.56. The number of piperidine rings is 1. The maximum Gasteiger partial charge on any atom is 0.200 e. The SMILES string of the molecule is CSC1(CN)CCN(c2c(F)c(F)c(F)c(F)c2F)CC1. The molecule has 118 valence electrons. The Kier molecular flexibility index (Phi) is 4.67. The lowest BCUT2D eigenvalue weighted by molar-refractivity contribution is 0.372. The number of rotatable bonds is 3. The first-order valence-corrected chi connectivity index (χ1v) is 7.61. The van der Waals surface area contributed by atoms with Gasteiger partial charge in [0.2, 0.25) is 5.82 Å². The number of halogens is 5. The van der Waals surface area contributed by atoms with Gasteiger partial charge < -0.3 is 10.6 Å². The van der Waals surface area contributed by atoms with E-state index in [2.05, 4.69) is 0 Å². The number of nitrogens with two attached hydrogens (primary N) is 1. The molecule has 1 saturated heterocycles. The normalized spacial score (nSPS) is 18.1. The van der Waals surface area contributed by atoms with Gasteiger partial charge in [-0.15, -0.1) is 0 Å². The molecule has 2 nitrogen and oxygen atoms in total. The summed E-state index contributed by atoms with van der Waals surface area (Å²) in [5.41, 5.74) is 4.85. The molecule has 1 heterocycles. The third-order valence-corrected chi connectivity index (χ3v) is 5.42. The van der Waals surface area contributed by atoms with Crippen LogP contribution in [0.15, 0.2) is 0 Å². The van der Waals surface area contributed by atoms with E-state index in [0.717, 1.165) is 0 Å². The van der Waals surface area contributed by atoms with E-state index < -0.39 is 34.8 Å². The number of anilines is 1. The lowest BCUT2D eigenvalue weighted by Crippen LogP contribution is -2.47. The molecule has 2 N–H and O–H groups in total. The summed E-state index contributed by atoms with van der Waals surface area (Å²) in [7, 11) is 0. The third-order valence-electron chi connectivity index (χ3n) is 3.98. The van der Waals surface area contributed by atoms with Gasteiger partial charge in [-0.05, 0) is 19.1 Å². The van der Waals surface area contributed by atoms with Gasteiger partial charge in [0.05, 0.1) is 0 Å². The van der Waals surface area contributed by atoms with Gasteiger partial charge in [0, 0.05) is 24.4 Å². The lowest BCUT2D eigenvalue weighted by atomic mass is 9.95. The summed E-state index contributed by atoms with van der Waals surface area (Å²) in [6, 6.07) is 0. The van der Waals surface area contributed by atoms with Crippen LogP contribution >= 0.6 is 11.8 Å². The third kappa shape index (κ3) is 2.70. The molecule has 0 saturated carbocycles. The van der Waals surface area contributed by atoms with Crippen molar-refractivity contribution in [1.82, 2.24) is 0 Å². The zero-order valence-corrected chi connectivity index (χ0v) is 12.2. The number of thioether (sulfide) groups is 1. The van der Waals surface area contributed by atoms with Crippen molar-refractivity contribution in [3.63, 3.8) is 0 Å². The molecule has 0 atom stereocenters. The van der Waals surface area contributed by atoms with Crippen molar-refractivity contribution in [2.75, 3.05) is 30.8 Å². The van der Waals surface area contributed by atoms with Crippen molar-refractivity contribution >= 4 is 17.4 Å². The summed E-state index contributed by atoms with van der Waals surface area (Å²) in [6.07, 6.45) is 2.93. The van der Waals surface area contributed by atoms with Crippen molar-refractivity contribution in [2.24, 2.45) is 5.73 Å². The quantitative estimate of drug-likeness (QED) is 0.526. The monoisotopic (exact) mass is 326 g/mol. The van der Waals surface area contributed by atoms with Crippen molar-refractivity contribution < 1.29 is 22.0 Å². The second kappa shape index (κ2) is 6.00. The Bertz CT molecular complexity index is 509. The maximum absolute atomic E-state index is 13.8. The minimum absolute atomic E-state index is 0.191. The summed E-state index contributed by atoms with van der Waals surface area (Å²) in [5.74, 6) is -9.52. The highest BCUT2D eigenvalue weighted by Crippen LogP contribution is 2.37. The Morgan fingerprint density at radius 1 is 0.952 bits per heavy atom. The lowest BCUT2D eigenvalue weighted by Gasteiger charge is -2.41. The van der Waals surface area contributed by atoms with E-state index >= 15 is 0 Å². The van der Waals surface area contributed by atoms with Gasteiger partial charge in [-0.3, -0.25) is 0 Å². The van der Waals surface area contributed by atoms with Crippen LogP contribution in [-0.4, -0.2) is 30.6 Å². The van der Waals surface area contributed by atoms with Gasteiger partial charge in [0.1, 0.15) is 5.69 Å². The van der Waals surface area contributed by atoms with Crippen molar-refractivity contribution in [3.8, 4) is 0 Å². The van der Waals surface area contributed by atoms with Crippen LogP contribution in [0, 0.1) is 29.1 Å². The molecule has 1 aliphatic heterocycles. The number of nitrogens with zero attached hydrogens (tertiary/aromatic N) is 1. The predicted octanol–water partition coefficient (Wildman–Crippen LogP) is 3.04. The van der Waals surface area contributed by atoms with Crippen LogP contribution in [-0.2, 0) is 0 Å². The van der Waals surface area contributed by atoms with Crippen molar-refractivity contribution in [3.05, 3.63) is 29.1 Å². The topological polar surface area (TPSA) is 29.3 Å². The van der Waals surface area contributed by atoms with E-state index in [4.69, 9.17) is 5.73 Å². The Labute approximate surface area is 123 Å². The Balaban J connectivity index is 2.33. The molecule has 0 spiro atoms. The maximum atomic E-state index is 13.8. The molecule has 8 heteroatoms. The van der Waals surface area contributed by atoms with Gasteiger partial charge in [-0.2, -0.15) is 11.8 Å². The van der Waals surface area contributed by atoms with Gasteiger partial charge in [-0.1, -0.05) is 0 Å². The minimum Gasteiger partial charge on any atom is -0.367 e. The van der Waals surface area contributed by atoms with Gasteiger partial charge in [0.15, 0.2) is 23.3 Å². The number of benzene rings is 1. The van der Waals surface area contributed by atoms with Crippen molar-refractivity contribution in [2.45, 2.75) is 17.6 Å². The molecule has 0 aliphatic carbocycles. The van der Waals surface area contributed by atoms with E-state index in [9.17, 15) is 22.0 Å². The molecule has 0 unspecified atom stereocenters. The van der Waals surface area contributed by atoms with Gasteiger partial charge in [0.25, 0.3) is 0 Å². The van der Waals surface area contributed by atoms with Crippen LogP contribution in [0.5, 0.6) is 0 Å². The zero-order valence-electron chi connectivity index (χ0n) is 11.4. The minimum atomic E-state index is -2.13. The molecule has 0 radical (unpaired) electrons. The van der Waals surface area contributed by atoms with Crippen LogP contribution in [0.4, 0.5) is 27.6 Å². The van der Waals surface area contributed by atoms with Gasteiger partial charge >= 0.3 is 0 Å². The number of hydrogen-bond acceptors (Lipinski definition) is 3. The molecular formula is C13H15F5N2S. The highest BCUT2D eigenvalue weighted by Gasteiger charge is 2.36. The summed E-state index contributed by atoms with van der Waals surface area (Å²) in [5, 5.41) is 0. The van der Waals surface area contributed by atoms with Crippen molar-refractivity contribution in [1.29, 1.82) is 0 Å². The Morgan fingerprint density at radius 2 is 1.38 bits per heavy atom. The molecule has 0 aromatic heterocycles. The van der Waals surface area contributed by atoms with E-state index in [1.165, 1.54) is 4.90 Å². The molecule has 2 rings (SSSR count). The molecule has 1 fully saturated rings. The number of hydrogen-bond donors (Lipinski definition) is 1. The van der Waals surface area contributed by atoms with Crippen LogP contribution in [0.1, 0.15) is 12.8 Å². The summed E-state index contributed by atoms with van der Waals surface area (Å²) < 4.78 is 66.8. The summed E-state index contributed by atoms with van der Waals surface area (Å²) in [4.78, 5) is 1.19. The van der Waals surface area contributed by atoms with Crippen LogP contribution in [0.3, 0.4) is 0 Å². The molecule has 21 heavy (non-hydrogen) atoms. The molecule has 1 aromatic carbocycles. The average molecular weight is 326 g/mol. The molecule has 1 aromatic rings. The molecule has 0 bridgehead atoms. The van der Waals surface area contributed by atoms with E-state index in [1.807, 2.05) is 6.26 Å². The van der Waals surface area contributed by atoms with Gasteiger partial charge in [-0.25, -0.2) is 22.0 Å². The predicted molar refractivity (Wildman–Crippen MR) is 73.0 cm³/mol. The van der Waals surface area contributed by atoms with E-state index in [0.29, 0.717) is 19.4 Å². The highest BCUT2D eigenvalue weighted by molar-refractivity contribution is 8.00. The van der Waals surface area contributed by atoms with E-state index in [-0.39, 0.29) is 17.8 Å². The first-order chi connectivity index (χ1) is 9.87. The van der Waals surface area contributed by atoms with Crippen LogP contribution in [0.2, 0.25) is 0 Å². The fourth-order valence-corrected chi connectivity index (χ4v) is 3.26. The van der Waals surface area contributed by atoms with Crippen LogP contribution < -0.4 is 10.6 Å². The fraction of sp³-hybridized carbons (Fsp3) is 0.538. The molecule has 0 amide bonds. The molecular weight excluding hydrogens is 311 g/mol. The standard InChI is InChI=1S/C13H15F5N2S/c1-21-13(6-19)2-4-20(5-3-13)12-10(17)8(15)7(14)9(16)11(12)18/h2-6,19H2,1H3. The summed E-state index contributed by atoms with van der Waals surface area (Å²) in [6.45, 7) is 0.784. The Hall–Kier alpha value is -1.02. The smallest absolute Gasteiger partial charge is 0.200 e. The van der Waals surface area contributed by atoms with Crippen LogP contribution in [0.25, 0.3) is 0 Å². The Morgan fingerprint density at radius 3 is 1.76 bits per heavy atom. The van der Waals surface area contributed by atoms with E-state index in [1.54, 1.807) is 11.8 Å². The average Bonchev–Trinajstić information content (AvgIpc) is 2.52. The first kappa shape index (κ1) is 16.4.